The Bertz CT molecular complexity index is 350. The molecule has 0 bridgehead atoms. The SMILES string of the molecule is CC.CC.CC.CC.CC(C)C.CC(C)c1ccccc1.c1ccncc1. The summed E-state index contributed by atoms with van der Waals surface area (Å²) in [5, 5.41) is 0. The van der Waals surface area contributed by atoms with Gasteiger partial charge in [0.1, 0.15) is 0 Å². The summed E-state index contributed by atoms with van der Waals surface area (Å²) in [6, 6.07) is 16.2. The molecule has 2 aromatic rings. The quantitative estimate of drug-likeness (QED) is 0.482. The van der Waals surface area contributed by atoms with Crippen molar-refractivity contribution in [2.24, 2.45) is 5.92 Å². The minimum Gasteiger partial charge on any atom is -0.265 e. The summed E-state index contributed by atoms with van der Waals surface area (Å²) in [7, 11) is 0. The fourth-order valence-electron chi connectivity index (χ4n) is 1.15. The van der Waals surface area contributed by atoms with Gasteiger partial charge in [-0.25, -0.2) is 0 Å². The molecule has 27 heavy (non-hydrogen) atoms. The normalized spacial score (nSPS) is 7.37. The first-order valence-electron chi connectivity index (χ1n) is 10.9. The van der Waals surface area contributed by atoms with Gasteiger partial charge in [0.25, 0.3) is 0 Å². The molecule has 1 nitrogen and oxygen atoms in total. The number of benzene rings is 1. The zero-order valence-electron chi connectivity index (χ0n) is 20.9. The first kappa shape index (κ1) is 36.3. The molecule has 1 heteroatoms. The highest BCUT2D eigenvalue weighted by Crippen LogP contribution is 2.11. The van der Waals surface area contributed by atoms with Crippen LogP contribution in [0.3, 0.4) is 0 Å². The number of hydrogen-bond acceptors (Lipinski definition) is 1. The molecule has 0 unspecified atom stereocenters. The Morgan fingerprint density at radius 3 is 0.963 bits per heavy atom. The van der Waals surface area contributed by atoms with Crippen LogP contribution in [0.15, 0.2) is 60.9 Å². The molecule has 2 rings (SSSR count). The predicted molar refractivity (Wildman–Crippen MR) is 131 cm³/mol. The summed E-state index contributed by atoms with van der Waals surface area (Å²) >= 11 is 0. The lowest BCUT2D eigenvalue weighted by Gasteiger charge is -2.01. The topological polar surface area (TPSA) is 12.9 Å². The Morgan fingerprint density at radius 2 is 0.815 bits per heavy atom. The maximum atomic E-state index is 3.78. The molecule has 1 aromatic carbocycles. The summed E-state index contributed by atoms with van der Waals surface area (Å²) < 4.78 is 0. The van der Waals surface area contributed by atoms with Crippen LogP contribution >= 0.6 is 0 Å². The van der Waals surface area contributed by atoms with Crippen molar-refractivity contribution in [2.75, 3.05) is 0 Å². The van der Waals surface area contributed by atoms with Gasteiger partial charge < -0.3 is 0 Å². The molecule has 0 fully saturated rings. The molecule has 0 spiro atoms. The van der Waals surface area contributed by atoms with E-state index in [-0.39, 0.29) is 0 Å². The average molecular weight is 378 g/mol. The third-order valence-corrected chi connectivity index (χ3v) is 2.03. The largest absolute Gasteiger partial charge is 0.265 e. The molecule has 1 aromatic heterocycles. The lowest BCUT2D eigenvalue weighted by Crippen LogP contribution is -1.83. The van der Waals surface area contributed by atoms with E-state index in [1.54, 1.807) is 12.4 Å². The Kier molecular flexibility index (Phi) is 53.0. The van der Waals surface area contributed by atoms with Crippen molar-refractivity contribution in [2.45, 2.75) is 95.9 Å². The van der Waals surface area contributed by atoms with E-state index in [0.717, 1.165) is 5.92 Å². The van der Waals surface area contributed by atoms with Gasteiger partial charge in [0.05, 0.1) is 0 Å². The van der Waals surface area contributed by atoms with E-state index in [1.807, 2.05) is 79.7 Å². The van der Waals surface area contributed by atoms with Gasteiger partial charge in [0, 0.05) is 12.4 Å². The van der Waals surface area contributed by atoms with E-state index < -0.39 is 0 Å². The molecule has 0 radical (unpaired) electrons. The third kappa shape index (κ3) is 45.5. The van der Waals surface area contributed by atoms with Crippen LogP contribution in [0.2, 0.25) is 0 Å². The molecule has 0 atom stereocenters. The molecule has 1 heterocycles. The van der Waals surface area contributed by atoms with Gasteiger partial charge in [-0.05, 0) is 29.5 Å². The summed E-state index contributed by atoms with van der Waals surface area (Å²) in [5.41, 5.74) is 1.41. The van der Waals surface area contributed by atoms with Gasteiger partial charge in [0.2, 0.25) is 0 Å². The van der Waals surface area contributed by atoms with Crippen LogP contribution in [0.5, 0.6) is 0 Å². The molecule has 0 aliphatic carbocycles. The van der Waals surface area contributed by atoms with E-state index in [4.69, 9.17) is 0 Å². The summed E-state index contributed by atoms with van der Waals surface area (Å²) in [4.78, 5) is 3.78. The Labute approximate surface area is 173 Å². The molecule has 0 N–H and O–H groups in total. The lowest BCUT2D eigenvalue weighted by atomic mass is 10.0. The second kappa shape index (κ2) is 39.4. The standard InChI is InChI=1S/C9H12.C5H5N.C4H10.4C2H6/c1-8(2)9-6-4-3-5-7-9;1-2-4-6-5-3-1;1-4(2)3;4*1-2/h3-8H,1-2H3;1-5H;4H,1-3H3;4*1-2H3. The van der Waals surface area contributed by atoms with Crippen LogP contribution in [0.4, 0.5) is 0 Å². The van der Waals surface area contributed by atoms with Crippen LogP contribution < -0.4 is 0 Å². The van der Waals surface area contributed by atoms with Crippen LogP contribution in [0.25, 0.3) is 0 Å². The van der Waals surface area contributed by atoms with Crippen LogP contribution in [-0.2, 0) is 0 Å². The zero-order valence-corrected chi connectivity index (χ0v) is 20.9. The van der Waals surface area contributed by atoms with Crippen molar-refractivity contribution in [3.8, 4) is 0 Å². The van der Waals surface area contributed by atoms with Crippen molar-refractivity contribution in [3.63, 3.8) is 0 Å². The van der Waals surface area contributed by atoms with Crippen molar-refractivity contribution in [1.29, 1.82) is 0 Å². The van der Waals surface area contributed by atoms with E-state index in [1.165, 1.54) is 5.56 Å². The van der Waals surface area contributed by atoms with E-state index in [9.17, 15) is 0 Å². The first-order valence-corrected chi connectivity index (χ1v) is 10.9. The highest BCUT2D eigenvalue weighted by Gasteiger charge is 1.93. The number of pyridine rings is 1. The Balaban J connectivity index is -0.0000000789. The number of nitrogens with zero attached hydrogens (tertiary/aromatic N) is 1. The molecule has 0 aliphatic rings. The summed E-state index contributed by atoms with van der Waals surface area (Å²) in [6.07, 6.45) is 3.50. The fraction of sp³-hybridized carbons (Fsp3) is 0.577. The summed E-state index contributed by atoms with van der Waals surface area (Å²) in [6.45, 7) is 26.9. The maximum absolute atomic E-state index is 3.78. The minimum atomic E-state index is 0.659. The molecule has 0 saturated heterocycles. The average Bonchev–Trinajstić information content (AvgIpc) is 2.76. The van der Waals surface area contributed by atoms with Gasteiger partial charge >= 0.3 is 0 Å². The van der Waals surface area contributed by atoms with E-state index >= 15 is 0 Å². The smallest absolute Gasteiger partial charge is 0.0267 e. The first-order chi connectivity index (χ1) is 13.0. The van der Waals surface area contributed by atoms with Gasteiger partial charge in [-0.15, -0.1) is 0 Å². The molecule has 0 aliphatic heterocycles. The maximum Gasteiger partial charge on any atom is 0.0267 e. The molecule has 0 saturated carbocycles. The van der Waals surface area contributed by atoms with E-state index in [2.05, 4.69) is 63.9 Å². The molecular formula is C26H51N. The van der Waals surface area contributed by atoms with Crippen molar-refractivity contribution >= 4 is 0 Å². The molecular weight excluding hydrogens is 326 g/mol. The number of rotatable bonds is 1. The number of hydrogen-bond donors (Lipinski definition) is 0. The van der Waals surface area contributed by atoms with Gasteiger partial charge in [-0.2, -0.15) is 0 Å². The highest BCUT2D eigenvalue weighted by atomic mass is 14.6. The summed E-state index contributed by atoms with van der Waals surface area (Å²) in [5.74, 6) is 1.49. The highest BCUT2D eigenvalue weighted by molar-refractivity contribution is 5.17. The second-order valence-electron chi connectivity index (χ2n) is 5.32. The van der Waals surface area contributed by atoms with Gasteiger partial charge in [-0.3, -0.25) is 4.98 Å². The Hall–Kier alpha value is -1.63. The fourth-order valence-corrected chi connectivity index (χ4v) is 1.15. The Morgan fingerprint density at radius 1 is 0.519 bits per heavy atom. The van der Waals surface area contributed by atoms with Crippen molar-refractivity contribution in [1.82, 2.24) is 4.98 Å². The van der Waals surface area contributed by atoms with E-state index in [0.29, 0.717) is 5.92 Å². The van der Waals surface area contributed by atoms with Crippen LogP contribution in [0, 0.1) is 5.92 Å². The monoisotopic (exact) mass is 377 g/mol. The number of aromatic nitrogens is 1. The minimum absolute atomic E-state index is 0.659. The predicted octanol–water partition coefficient (Wildman–Crippen LogP) is 9.66. The van der Waals surface area contributed by atoms with Crippen LogP contribution in [0.1, 0.15) is 101 Å². The molecule has 160 valence electrons. The van der Waals surface area contributed by atoms with Gasteiger partial charge in [0.15, 0.2) is 0 Å². The second-order valence-corrected chi connectivity index (χ2v) is 5.32. The lowest BCUT2D eigenvalue weighted by molar-refractivity contribution is 0.737. The van der Waals surface area contributed by atoms with Gasteiger partial charge in [-0.1, -0.05) is 126 Å². The third-order valence-electron chi connectivity index (χ3n) is 2.03. The molecule has 0 amide bonds. The van der Waals surface area contributed by atoms with Crippen molar-refractivity contribution < 1.29 is 0 Å². The zero-order chi connectivity index (χ0) is 22.5. The van der Waals surface area contributed by atoms with Crippen molar-refractivity contribution in [3.05, 3.63) is 66.5 Å². The van der Waals surface area contributed by atoms with Crippen LogP contribution in [-0.4, -0.2) is 4.98 Å².